The van der Waals surface area contributed by atoms with Gasteiger partial charge in [0.05, 0.1) is 42.7 Å². The van der Waals surface area contributed by atoms with Gasteiger partial charge in [-0.25, -0.2) is 4.39 Å². The molecule has 7 heteroatoms. The number of ether oxygens (including phenoxy) is 1. The second kappa shape index (κ2) is 7.19. The van der Waals surface area contributed by atoms with E-state index < -0.39 is 5.82 Å². The molecule has 0 unspecified atom stereocenters. The highest BCUT2D eigenvalue weighted by Crippen LogP contribution is 2.35. The molecule has 0 aliphatic carbocycles. The van der Waals surface area contributed by atoms with Crippen LogP contribution in [-0.2, 0) is 17.8 Å². The average Bonchev–Trinajstić information content (AvgIpc) is 3.13. The molecule has 4 aromatic rings. The summed E-state index contributed by atoms with van der Waals surface area (Å²) in [6.45, 7) is 1.76. The van der Waals surface area contributed by atoms with Crippen molar-refractivity contribution in [2.75, 3.05) is 13.7 Å². The Morgan fingerprint density at radius 2 is 2.03 bits per heavy atom. The molecule has 2 aromatic heterocycles. The van der Waals surface area contributed by atoms with Crippen LogP contribution in [0.1, 0.15) is 34.2 Å². The first-order valence-electron chi connectivity index (χ1n) is 9.99. The maximum absolute atomic E-state index is 14.3. The minimum absolute atomic E-state index is 0.0433. The molecule has 0 bridgehead atoms. The van der Waals surface area contributed by atoms with E-state index in [0.717, 1.165) is 27.4 Å². The van der Waals surface area contributed by atoms with Crippen molar-refractivity contribution in [3.63, 3.8) is 0 Å². The summed E-state index contributed by atoms with van der Waals surface area (Å²) in [7, 11) is 1.43. The molecule has 2 aromatic carbocycles. The van der Waals surface area contributed by atoms with E-state index in [1.807, 2.05) is 24.3 Å². The van der Waals surface area contributed by atoms with Crippen LogP contribution in [0.3, 0.4) is 0 Å². The van der Waals surface area contributed by atoms with Crippen LogP contribution >= 0.6 is 0 Å². The number of carbonyl (C=O) groups is 2. The molecule has 1 aliphatic heterocycles. The van der Waals surface area contributed by atoms with Crippen LogP contribution in [0.25, 0.3) is 21.8 Å². The molecule has 156 valence electrons. The molecule has 0 atom stereocenters. The van der Waals surface area contributed by atoms with Crippen molar-refractivity contribution in [1.82, 2.24) is 14.9 Å². The molecule has 1 N–H and O–H groups in total. The van der Waals surface area contributed by atoms with Gasteiger partial charge in [-0.15, -0.1) is 0 Å². The quantitative estimate of drug-likeness (QED) is 0.547. The zero-order chi connectivity index (χ0) is 21.7. The number of para-hydroxylation sites is 1. The number of nitrogens with one attached hydrogen (secondary N) is 1. The van der Waals surface area contributed by atoms with E-state index in [4.69, 9.17) is 9.72 Å². The predicted molar refractivity (Wildman–Crippen MR) is 115 cm³/mol. The summed E-state index contributed by atoms with van der Waals surface area (Å²) in [6, 6.07) is 12.6. The SMILES string of the molecule is COc1ccc(Cc2nc3c(c4c2[nH]c2ccccc24)C(=O)CN(C(C)=O)C3)cc1F. The zero-order valence-corrected chi connectivity index (χ0v) is 17.2. The van der Waals surface area contributed by atoms with E-state index >= 15 is 0 Å². The average molecular weight is 417 g/mol. The summed E-state index contributed by atoms with van der Waals surface area (Å²) in [6.07, 6.45) is 0.367. The van der Waals surface area contributed by atoms with Gasteiger partial charge in [-0.3, -0.25) is 14.6 Å². The molecule has 0 saturated heterocycles. The van der Waals surface area contributed by atoms with Crippen LogP contribution in [0.15, 0.2) is 42.5 Å². The summed E-state index contributed by atoms with van der Waals surface area (Å²) < 4.78 is 19.3. The Bertz CT molecular complexity index is 1380. The number of H-pyrrole nitrogens is 1. The highest BCUT2D eigenvalue weighted by molar-refractivity contribution is 6.20. The van der Waals surface area contributed by atoms with E-state index in [9.17, 15) is 14.0 Å². The molecule has 1 aliphatic rings. The van der Waals surface area contributed by atoms with E-state index in [1.54, 1.807) is 12.1 Å². The van der Waals surface area contributed by atoms with Crippen LogP contribution in [0.4, 0.5) is 4.39 Å². The van der Waals surface area contributed by atoms with Gasteiger partial charge in [-0.2, -0.15) is 0 Å². The number of benzene rings is 2. The van der Waals surface area contributed by atoms with Crippen LogP contribution in [0, 0.1) is 5.82 Å². The number of amides is 1. The third kappa shape index (κ3) is 3.13. The molecule has 1 amide bonds. The van der Waals surface area contributed by atoms with Crippen molar-refractivity contribution in [3.8, 4) is 5.75 Å². The van der Waals surface area contributed by atoms with Crippen molar-refractivity contribution in [3.05, 3.63) is 70.8 Å². The smallest absolute Gasteiger partial charge is 0.220 e. The first-order chi connectivity index (χ1) is 15.0. The number of hydrogen-bond donors (Lipinski definition) is 1. The van der Waals surface area contributed by atoms with Gasteiger partial charge >= 0.3 is 0 Å². The fourth-order valence-electron chi connectivity index (χ4n) is 4.30. The number of rotatable bonds is 3. The lowest BCUT2D eigenvalue weighted by Gasteiger charge is -2.27. The Hall–Kier alpha value is -3.74. The van der Waals surface area contributed by atoms with Gasteiger partial charge in [0.2, 0.25) is 5.91 Å². The lowest BCUT2D eigenvalue weighted by atomic mass is 9.95. The number of fused-ring (bicyclic) bond motifs is 5. The second-order valence-corrected chi connectivity index (χ2v) is 7.74. The number of methoxy groups -OCH3 is 1. The van der Waals surface area contributed by atoms with Gasteiger partial charge in [0.15, 0.2) is 17.3 Å². The number of Topliss-reactive ketones (excluding diaryl/α,β-unsaturated/α-hetero) is 1. The topological polar surface area (TPSA) is 75.3 Å². The summed E-state index contributed by atoms with van der Waals surface area (Å²) in [5, 5.41) is 1.75. The Kier molecular flexibility index (Phi) is 4.46. The largest absolute Gasteiger partial charge is 0.494 e. The lowest BCUT2D eigenvalue weighted by molar-refractivity contribution is -0.129. The van der Waals surface area contributed by atoms with Crippen LogP contribution in [-0.4, -0.2) is 40.2 Å². The minimum atomic E-state index is -0.441. The molecule has 3 heterocycles. The van der Waals surface area contributed by atoms with E-state index in [0.29, 0.717) is 23.4 Å². The summed E-state index contributed by atoms with van der Waals surface area (Å²) >= 11 is 0. The number of nitrogens with zero attached hydrogens (tertiary/aromatic N) is 2. The highest BCUT2D eigenvalue weighted by Gasteiger charge is 2.30. The highest BCUT2D eigenvalue weighted by atomic mass is 19.1. The van der Waals surface area contributed by atoms with Gasteiger partial charge in [-0.05, 0) is 23.8 Å². The molecule has 0 radical (unpaired) electrons. The lowest BCUT2D eigenvalue weighted by Crippen LogP contribution is -2.39. The monoisotopic (exact) mass is 417 g/mol. The second-order valence-electron chi connectivity index (χ2n) is 7.74. The van der Waals surface area contributed by atoms with E-state index in [-0.39, 0.29) is 30.5 Å². The molecule has 0 fully saturated rings. The number of ketones is 1. The van der Waals surface area contributed by atoms with Gasteiger partial charge in [-0.1, -0.05) is 24.3 Å². The number of aromatic amines is 1. The third-order valence-corrected chi connectivity index (χ3v) is 5.79. The fraction of sp³-hybridized carbons (Fsp3) is 0.208. The molecular weight excluding hydrogens is 397 g/mol. The Morgan fingerprint density at radius 1 is 1.23 bits per heavy atom. The number of halogens is 1. The maximum Gasteiger partial charge on any atom is 0.220 e. The van der Waals surface area contributed by atoms with Gasteiger partial charge < -0.3 is 14.6 Å². The summed E-state index contributed by atoms with van der Waals surface area (Å²) in [5.41, 5.74) is 4.24. The Morgan fingerprint density at radius 3 is 2.77 bits per heavy atom. The van der Waals surface area contributed by atoms with Crippen molar-refractivity contribution < 1.29 is 18.7 Å². The molecule has 6 nitrogen and oxygen atoms in total. The van der Waals surface area contributed by atoms with Crippen LogP contribution in [0.2, 0.25) is 0 Å². The first-order valence-corrected chi connectivity index (χ1v) is 9.99. The predicted octanol–water partition coefficient (Wildman–Crippen LogP) is 4.00. The Labute approximate surface area is 177 Å². The minimum Gasteiger partial charge on any atom is -0.494 e. The first kappa shape index (κ1) is 19.2. The third-order valence-electron chi connectivity index (χ3n) is 5.79. The molecule has 5 rings (SSSR count). The Balaban J connectivity index is 1.73. The van der Waals surface area contributed by atoms with E-state index in [1.165, 1.54) is 25.0 Å². The van der Waals surface area contributed by atoms with Crippen molar-refractivity contribution in [2.24, 2.45) is 0 Å². The zero-order valence-electron chi connectivity index (χ0n) is 17.2. The fourth-order valence-corrected chi connectivity index (χ4v) is 4.30. The number of pyridine rings is 1. The van der Waals surface area contributed by atoms with Crippen LogP contribution < -0.4 is 4.74 Å². The summed E-state index contributed by atoms with van der Waals surface area (Å²) in [5.74, 6) is -0.552. The van der Waals surface area contributed by atoms with Gasteiger partial charge in [0.25, 0.3) is 0 Å². The maximum atomic E-state index is 14.3. The molecule has 0 spiro atoms. The summed E-state index contributed by atoms with van der Waals surface area (Å²) in [4.78, 5) is 34.6. The molecule has 31 heavy (non-hydrogen) atoms. The number of hydrogen-bond acceptors (Lipinski definition) is 4. The normalized spacial score (nSPS) is 13.6. The van der Waals surface area contributed by atoms with Crippen molar-refractivity contribution in [2.45, 2.75) is 19.9 Å². The number of aromatic nitrogens is 2. The number of carbonyl (C=O) groups excluding carboxylic acids is 2. The molecular formula is C24H20FN3O3. The van der Waals surface area contributed by atoms with Gasteiger partial charge in [0, 0.05) is 29.6 Å². The standard InChI is InChI=1S/C24H20FN3O3/c1-13(29)28-11-19-23(20(30)12-28)22-15-5-3-4-6-17(15)27-24(22)18(26-19)10-14-7-8-21(31-2)16(25)9-14/h3-9,27H,10-12H2,1-2H3. The van der Waals surface area contributed by atoms with Crippen molar-refractivity contribution >= 4 is 33.5 Å². The van der Waals surface area contributed by atoms with E-state index in [2.05, 4.69) is 4.98 Å². The van der Waals surface area contributed by atoms with Crippen LogP contribution in [0.5, 0.6) is 5.75 Å². The van der Waals surface area contributed by atoms with Crippen molar-refractivity contribution in [1.29, 1.82) is 0 Å². The molecule has 0 saturated carbocycles. The van der Waals surface area contributed by atoms with Gasteiger partial charge in [0.1, 0.15) is 0 Å².